The van der Waals surface area contributed by atoms with Crippen LogP contribution < -0.4 is 0 Å². The van der Waals surface area contributed by atoms with Gasteiger partial charge in [-0.15, -0.1) is 4.41 Å². The zero-order valence-corrected chi connectivity index (χ0v) is 13.8. The second kappa shape index (κ2) is 5.20. The van der Waals surface area contributed by atoms with Crippen molar-refractivity contribution in [1.82, 2.24) is 14.2 Å². The van der Waals surface area contributed by atoms with Gasteiger partial charge in [-0.3, -0.25) is 4.68 Å². The van der Waals surface area contributed by atoms with E-state index < -0.39 is 28.3 Å². The summed E-state index contributed by atoms with van der Waals surface area (Å²) in [4.78, 5) is -0.375. The van der Waals surface area contributed by atoms with Crippen LogP contribution in [0.2, 0.25) is 0 Å². The number of nitrogens with zero attached hydrogens (tertiary/aromatic N) is 4. The van der Waals surface area contributed by atoms with Gasteiger partial charge in [0.2, 0.25) is 0 Å². The fraction of sp³-hybridized carbons (Fsp3) is 0.667. The molecule has 1 aromatic heterocycles. The lowest BCUT2D eigenvalue weighted by Gasteiger charge is -2.33. The number of aromatic nitrogens is 2. The average molecular weight is 354 g/mol. The molecule has 7 nitrogen and oxygen atoms in total. The molecule has 1 atom stereocenters. The highest BCUT2D eigenvalue weighted by Gasteiger charge is 2.64. The molecule has 0 saturated carbocycles. The second-order valence-electron chi connectivity index (χ2n) is 5.39. The maximum Gasteiger partial charge on any atom is 0.439 e. The fourth-order valence-electron chi connectivity index (χ4n) is 2.61. The fourth-order valence-corrected chi connectivity index (χ4v) is 4.49. The molecule has 2 rings (SSSR count). The van der Waals surface area contributed by atoms with Gasteiger partial charge in [0.1, 0.15) is 4.90 Å². The molecule has 0 aromatic carbocycles. The summed E-state index contributed by atoms with van der Waals surface area (Å²) < 4.78 is 66.3. The van der Waals surface area contributed by atoms with E-state index in [0.29, 0.717) is 6.54 Å². The van der Waals surface area contributed by atoms with E-state index in [4.69, 9.17) is 0 Å². The highest BCUT2D eigenvalue weighted by atomic mass is 32.2. The normalized spacial score (nSPS) is 22.6. The molecule has 0 bridgehead atoms. The zero-order chi connectivity index (χ0) is 17.8. The largest absolute Gasteiger partial charge is 0.439 e. The Labute approximate surface area is 131 Å². The second-order valence-corrected chi connectivity index (χ2v) is 7.09. The number of aliphatic hydroxyl groups is 1. The van der Waals surface area contributed by atoms with Crippen LogP contribution in [0, 0.1) is 13.8 Å². The van der Waals surface area contributed by atoms with Crippen molar-refractivity contribution in [2.24, 2.45) is 5.10 Å². The quantitative estimate of drug-likeness (QED) is 0.892. The van der Waals surface area contributed by atoms with Crippen LogP contribution >= 0.6 is 0 Å². The van der Waals surface area contributed by atoms with E-state index in [-0.39, 0.29) is 26.4 Å². The van der Waals surface area contributed by atoms with Crippen LogP contribution in [0.25, 0.3) is 0 Å². The molecule has 0 spiro atoms. The Hall–Kier alpha value is -1.62. The van der Waals surface area contributed by atoms with Crippen LogP contribution in [0.3, 0.4) is 0 Å². The van der Waals surface area contributed by atoms with Crippen LogP contribution in [0.5, 0.6) is 0 Å². The van der Waals surface area contributed by atoms with Crippen molar-refractivity contribution in [1.29, 1.82) is 0 Å². The number of alkyl halides is 3. The molecule has 1 aliphatic heterocycles. The van der Waals surface area contributed by atoms with Gasteiger partial charge in [0.25, 0.3) is 15.7 Å². The van der Waals surface area contributed by atoms with E-state index in [0.717, 1.165) is 0 Å². The Morgan fingerprint density at radius 2 is 1.87 bits per heavy atom. The summed E-state index contributed by atoms with van der Waals surface area (Å²) >= 11 is 0. The number of halogens is 3. The van der Waals surface area contributed by atoms with Crippen LogP contribution in [0.1, 0.15) is 31.7 Å². The third kappa shape index (κ3) is 2.51. The molecule has 23 heavy (non-hydrogen) atoms. The number of hydrazone groups is 1. The molecule has 11 heteroatoms. The van der Waals surface area contributed by atoms with Crippen molar-refractivity contribution >= 4 is 15.7 Å². The molecular weight excluding hydrogens is 337 g/mol. The van der Waals surface area contributed by atoms with Crippen molar-refractivity contribution < 1.29 is 26.7 Å². The first-order valence-electron chi connectivity index (χ1n) is 6.79. The number of hydrogen-bond donors (Lipinski definition) is 1. The van der Waals surface area contributed by atoms with Crippen LogP contribution in [0.15, 0.2) is 10.00 Å². The monoisotopic (exact) mass is 354 g/mol. The number of hydrogen-bond acceptors (Lipinski definition) is 5. The van der Waals surface area contributed by atoms with Crippen LogP contribution in [-0.2, 0) is 16.6 Å². The third-order valence-corrected chi connectivity index (χ3v) is 5.58. The summed E-state index contributed by atoms with van der Waals surface area (Å²) in [6.45, 7) is 6.12. The van der Waals surface area contributed by atoms with E-state index in [9.17, 15) is 26.7 Å². The molecule has 0 amide bonds. The van der Waals surface area contributed by atoms with E-state index in [1.54, 1.807) is 6.92 Å². The summed E-state index contributed by atoms with van der Waals surface area (Å²) in [6, 6.07) is 0. The Balaban J connectivity index is 2.66. The highest BCUT2D eigenvalue weighted by molar-refractivity contribution is 7.89. The predicted octanol–water partition coefficient (Wildman–Crippen LogP) is 1.54. The first kappa shape index (κ1) is 17.7. The van der Waals surface area contributed by atoms with Crippen molar-refractivity contribution in [2.45, 2.75) is 57.5 Å². The van der Waals surface area contributed by atoms with Gasteiger partial charge in [-0.2, -0.15) is 31.8 Å². The summed E-state index contributed by atoms with van der Waals surface area (Å²) in [7, 11) is -4.72. The Bertz CT molecular complexity index is 769. The molecule has 1 aromatic rings. The van der Waals surface area contributed by atoms with Crippen molar-refractivity contribution in [3.05, 3.63) is 11.4 Å². The molecular formula is C12H17F3N4O3S. The molecule has 0 saturated heterocycles. The van der Waals surface area contributed by atoms with Crippen LogP contribution in [-0.4, -0.2) is 45.3 Å². The average Bonchev–Trinajstić information content (AvgIpc) is 2.86. The van der Waals surface area contributed by atoms with Gasteiger partial charge >= 0.3 is 6.18 Å². The summed E-state index contributed by atoms with van der Waals surface area (Å²) in [6.07, 6.45) is -6.13. The minimum absolute atomic E-state index is 0.0497. The molecule has 0 unspecified atom stereocenters. The first-order valence-corrected chi connectivity index (χ1v) is 8.23. The smallest absolute Gasteiger partial charge is 0.361 e. The Morgan fingerprint density at radius 3 is 2.30 bits per heavy atom. The van der Waals surface area contributed by atoms with Crippen molar-refractivity contribution in [2.75, 3.05) is 0 Å². The predicted molar refractivity (Wildman–Crippen MR) is 75.1 cm³/mol. The standard InChI is InChI=1S/C12H17F3N4O3S/c1-5-18-9(4)10(8(3)17-18)23(21,22)19-11(20,12(13,14)15)6-7(2)16-19/h20H,5-6H2,1-4H3/t11-/m1/s1. The lowest BCUT2D eigenvalue weighted by molar-refractivity contribution is -0.291. The van der Waals surface area contributed by atoms with Gasteiger partial charge in [-0.1, -0.05) is 0 Å². The van der Waals surface area contributed by atoms with Gasteiger partial charge in [0.05, 0.1) is 11.4 Å². The molecule has 2 heterocycles. The van der Waals surface area contributed by atoms with E-state index in [2.05, 4.69) is 10.2 Å². The number of rotatable bonds is 3. The lowest BCUT2D eigenvalue weighted by Crippen LogP contribution is -2.56. The Kier molecular flexibility index (Phi) is 4.01. The molecule has 0 fully saturated rings. The topological polar surface area (TPSA) is 87.8 Å². The van der Waals surface area contributed by atoms with E-state index in [1.165, 1.54) is 25.5 Å². The molecule has 0 aliphatic carbocycles. The number of sulfonamides is 1. The minimum Gasteiger partial charge on any atom is -0.361 e. The SMILES string of the molecule is CCn1nc(C)c(S(=O)(=O)N2N=C(C)C[C@@]2(O)C(F)(F)F)c1C. The molecule has 130 valence electrons. The van der Waals surface area contributed by atoms with Crippen molar-refractivity contribution in [3.8, 4) is 0 Å². The highest BCUT2D eigenvalue weighted by Crippen LogP contribution is 2.43. The van der Waals surface area contributed by atoms with Crippen LogP contribution in [0.4, 0.5) is 13.2 Å². The third-order valence-electron chi connectivity index (χ3n) is 3.63. The maximum atomic E-state index is 13.2. The Morgan fingerprint density at radius 1 is 1.30 bits per heavy atom. The number of aryl methyl sites for hydroxylation is 2. The first-order chi connectivity index (χ1) is 10.4. The van der Waals surface area contributed by atoms with E-state index in [1.807, 2.05) is 0 Å². The summed E-state index contributed by atoms with van der Waals surface area (Å²) in [5.41, 5.74) is -3.49. The minimum atomic E-state index is -5.19. The molecule has 0 radical (unpaired) electrons. The molecule has 1 N–H and O–H groups in total. The van der Waals surface area contributed by atoms with Gasteiger partial charge < -0.3 is 5.11 Å². The van der Waals surface area contributed by atoms with Gasteiger partial charge in [0.15, 0.2) is 0 Å². The van der Waals surface area contributed by atoms with Gasteiger partial charge in [-0.05, 0) is 27.7 Å². The van der Waals surface area contributed by atoms with Crippen molar-refractivity contribution in [3.63, 3.8) is 0 Å². The molecule has 1 aliphatic rings. The lowest BCUT2D eigenvalue weighted by atomic mass is 10.1. The summed E-state index contributed by atoms with van der Waals surface area (Å²) in [5, 5.41) is 17.4. The van der Waals surface area contributed by atoms with Gasteiger partial charge in [0, 0.05) is 18.7 Å². The summed E-state index contributed by atoms with van der Waals surface area (Å²) in [5.74, 6) is 0. The maximum absolute atomic E-state index is 13.2. The zero-order valence-electron chi connectivity index (χ0n) is 13.0. The van der Waals surface area contributed by atoms with Gasteiger partial charge in [-0.25, -0.2) is 0 Å². The van der Waals surface area contributed by atoms with E-state index >= 15 is 0 Å².